The summed E-state index contributed by atoms with van der Waals surface area (Å²) in [6.07, 6.45) is 1.78. The molecule has 0 aliphatic heterocycles. The molecule has 94 valence electrons. The summed E-state index contributed by atoms with van der Waals surface area (Å²) in [6, 6.07) is 4.14. The molecule has 0 unspecified atom stereocenters. The molecular weight excluding hydrogens is 244 g/mol. The Morgan fingerprint density at radius 2 is 1.89 bits per heavy atom. The van der Waals surface area contributed by atoms with Gasteiger partial charge in [-0.2, -0.15) is 0 Å². The monoisotopic (exact) mass is 260 g/mol. The number of hydrogen-bond acceptors (Lipinski definition) is 3. The molecule has 0 radical (unpaired) electrons. The van der Waals surface area contributed by atoms with Gasteiger partial charge in [0, 0.05) is 11.8 Å². The fourth-order valence-electron chi connectivity index (χ4n) is 1.99. The standard InChI is InChI=1S/C14H16N2OS/c1-8-5-6-11(13(17-4)10(8)3)12-9(2)7-15-14(18)16-12/h5-7H,1-4H3,(H,15,16,18). The molecule has 0 amide bonds. The number of rotatable bonds is 2. The lowest BCUT2D eigenvalue weighted by atomic mass is 10.0. The highest BCUT2D eigenvalue weighted by Gasteiger charge is 2.12. The van der Waals surface area contributed by atoms with Crippen LogP contribution in [0.25, 0.3) is 11.3 Å². The summed E-state index contributed by atoms with van der Waals surface area (Å²) < 4.78 is 6.01. The number of aromatic amines is 1. The highest BCUT2D eigenvalue weighted by Crippen LogP contribution is 2.34. The van der Waals surface area contributed by atoms with Gasteiger partial charge in [-0.15, -0.1) is 0 Å². The summed E-state index contributed by atoms with van der Waals surface area (Å²) >= 11 is 5.09. The smallest absolute Gasteiger partial charge is 0.197 e. The van der Waals surface area contributed by atoms with Crippen LogP contribution in [0.1, 0.15) is 16.7 Å². The van der Waals surface area contributed by atoms with Crippen LogP contribution >= 0.6 is 12.2 Å². The van der Waals surface area contributed by atoms with Crippen LogP contribution in [0.3, 0.4) is 0 Å². The lowest BCUT2D eigenvalue weighted by molar-refractivity contribution is 0.413. The van der Waals surface area contributed by atoms with Gasteiger partial charge in [-0.1, -0.05) is 6.07 Å². The highest BCUT2D eigenvalue weighted by atomic mass is 32.1. The third-order valence-electron chi connectivity index (χ3n) is 3.15. The quantitative estimate of drug-likeness (QED) is 0.836. The maximum Gasteiger partial charge on any atom is 0.197 e. The first-order valence-corrected chi connectivity index (χ1v) is 6.16. The van der Waals surface area contributed by atoms with E-state index in [9.17, 15) is 0 Å². The second-order valence-corrected chi connectivity index (χ2v) is 4.72. The Morgan fingerprint density at radius 3 is 2.56 bits per heavy atom. The lowest BCUT2D eigenvalue weighted by Crippen LogP contribution is -1.97. The fraction of sp³-hybridized carbons (Fsp3) is 0.286. The molecule has 2 aromatic rings. The van der Waals surface area contributed by atoms with Gasteiger partial charge in [0.1, 0.15) is 5.75 Å². The number of aromatic nitrogens is 2. The van der Waals surface area contributed by atoms with Crippen molar-refractivity contribution in [3.63, 3.8) is 0 Å². The molecule has 0 fully saturated rings. The molecular formula is C14H16N2OS. The van der Waals surface area contributed by atoms with Crippen molar-refractivity contribution in [2.75, 3.05) is 7.11 Å². The molecule has 1 aromatic heterocycles. The van der Waals surface area contributed by atoms with E-state index in [4.69, 9.17) is 17.0 Å². The third kappa shape index (κ3) is 2.16. The third-order valence-corrected chi connectivity index (χ3v) is 3.36. The summed E-state index contributed by atoms with van der Waals surface area (Å²) in [6.45, 7) is 6.13. The Bertz CT molecular complexity index is 647. The van der Waals surface area contributed by atoms with Gasteiger partial charge in [-0.25, -0.2) is 4.98 Å². The topological polar surface area (TPSA) is 37.9 Å². The minimum Gasteiger partial charge on any atom is -0.496 e. The summed E-state index contributed by atoms with van der Waals surface area (Å²) in [5, 5.41) is 0. The molecule has 0 bridgehead atoms. The van der Waals surface area contributed by atoms with Crippen molar-refractivity contribution in [1.29, 1.82) is 0 Å². The lowest BCUT2D eigenvalue weighted by Gasteiger charge is -2.14. The zero-order chi connectivity index (χ0) is 13.3. The number of aryl methyl sites for hydroxylation is 2. The average molecular weight is 260 g/mol. The summed E-state index contributed by atoms with van der Waals surface area (Å²) in [5.41, 5.74) is 5.39. The van der Waals surface area contributed by atoms with Crippen LogP contribution in [-0.2, 0) is 0 Å². The first kappa shape index (κ1) is 12.8. The zero-order valence-electron chi connectivity index (χ0n) is 11.0. The minimum absolute atomic E-state index is 0.482. The number of benzene rings is 1. The van der Waals surface area contributed by atoms with Crippen LogP contribution in [0.4, 0.5) is 0 Å². The second kappa shape index (κ2) is 4.90. The molecule has 4 heteroatoms. The van der Waals surface area contributed by atoms with E-state index in [1.54, 1.807) is 13.3 Å². The largest absolute Gasteiger partial charge is 0.496 e. The van der Waals surface area contributed by atoms with Crippen molar-refractivity contribution in [1.82, 2.24) is 9.97 Å². The number of nitrogens with one attached hydrogen (secondary N) is 1. The molecule has 0 spiro atoms. The van der Waals surface area contributed by atoms with Crippen molar-refractivity contribution in [2.24, 2.45) is 0 Å². The van der Waals surface area contributed by atoms with Gasteiger partial charge < -0.3 is 9.72 Å². The molecule has 0 saturated carbocycles. The Hall–Kier alpha value is -1.68. The molecule has 0 saturated heterocycles. The Morgan fingerprint density at radius 1 is 1.17 bits per heavy atom. The molecule has 1 aromatic carbocycles. The summed E-state index contributed by atoms with van der Waals surface area (Å²) in [7, 11) is 1.69. The number of nitrogens with zero attached hydrogens (tertiary/aromatic N) is 1. The Kier molecular flexibility index (Phi) is 3.48. The second-order valence-electron chi connectivity index (χ2n) is 4.33. The van der Waals surface area contributed by atoms with E-state index < -0.39 is 0 Å². The van der Waals surface area contributed by atoms with Gasteiger partial charge >= 0.3 is 0 Å². The van der Waals surface area contributed by atoms with Crippen LogP contribution in [0.5, 0.6) is 5.75 Å². The van der Waals surface area contributed by atoms with Crippen LogP contribution < -0.4 is 4.74 Å². The number of ether oxygens (including phenoxy) is 1. The van der Waals surface area contributed by atoms with E-state index in [1.807, 2.05) is 6.92 Å². The zero-order valence-corrected chi connectivity index (χ0v) is 11.8. The summed E-state index contributed by atoms with van der Waals surface area (Å²) in [5.74, 6) is 0.884. The van der Waals surface area contributed by atoms with Crippen LogP contribution in [0.2, 0.25) is 0 Å². The van der Waals surface area contributed by atoms with Gasteiger partial charge in [0.25, 0.3) is 0 Å². The van der Waals surface area contributed by atoms with Gasteiger partial charge in [0.2, 0.25) is 0 Å². The molecule has 3 nitrogen and oxygen atoms in total. The molecule has 0 atom stereocenters. The maximum atomic E-state index is 5.53. The molecule has 1 heterocycles. The predicted molar refractivity (Wildman–Crippen MR) is 75.6 cm³/mol. The normalized spacial score (nSPS) is 10.4. The first-order valence-electron chi connectivity index (χ1n) is 5.75. The SMILES string of the molecule is COc1c(-c2[nH]c(=S)ncc2C)ccc(C)c1C. The van der Waals surface area contributed by atoms with E-state index in [0.717, 1.165) is 28.1 Å². The molecule has 2 rings (SSSR count). The Balaban J connectivity index is 2.75. The van der Waals surface area contributed by atoms with E-state index in [0.29, 0.717) is 4.77 Å². The van der Waals surface area contributed by atoms with Crippen LogP contribution in [-0.4, -0.2) is 17.1 Å². The van der Waals surface area contributed by atoms with Crippen LogP contribution in [0, 0.1) is 25.5 Å². The van der Waals surface area contributed by atoms with Gasteiger partial charge in [-0.3, -0.25) is 0 Å². The molecule has 18 heavy (non-hydrogen) atoms. The first-order chi connectivity index (χ1) is 8.54. The van der Waals surface area contributed by atoms with Crippen LogP contribution in [0.15, 0.2) is 18.3 Å². The van der Waals surface area contributed by atoms with E-state index in [1.165, 1.54) is 5.56 Å². The summed E-state index contributed by atoms with van der Waals surface area (Å²) in [4.78, 5) is 7.22. The average Bonchev–Trinajstić information content (AvgIpc) is 2.35. The van der Waals surface area contributed by atoms with Crippen molar-refractivity contribution in [3.05, 3.63) is 39.8 Å². The maximum absolute atomic E-state index is 5.53. The minimum atomic E-state index is 0.482. The fourth-order valence-corrected chi connectivity index (χ4v) is 2.14. The number of H-pyrrole nitrogens is 1. The number of methoxy groups -OCH3 is 1. The van der Waals surface area contributed by atoms with E-state index in [2.05, 4.69) is 35.9 Å². The van der Waals surface area contributed by atoms with E-state index >= 15 is 0 Å². The predicted octanol–water partition coefficient (Wildman–Crippen LogP) is 3.74. The number of hydrogen-bond donors (Lipinski definition) is 1. The molecule has 0 aliphatic carbocycles. The Labute approximate surface area is 112 Å². The van der Waals surface area contributed by atoms with Crippen molar-refractivity contribution in [2.45, 2.75) is 20.8 Å². The van der Waals surface area contributed by atoms with E-state index in [-0.39, 0.29) is 0 Å². The van der Waals surface area contributed by atoms with Crippen molar-refractivity contribution in [3.8, 4) is 17.0 Å². The molecule has 1 N–H and O–H groups in total. The van der Waals surface area contributed by atoms with Gasteiger partial charge in [0.05, 0.1) is 12.8 Å². The van der Waals surface area contributed by atoms with Gasteiger partial charge in [0.15, 0.2) is 4.77 Å². The van der Waals surface area contributed by atoms with Gasteiger partial charge in [-0.05, 0) is 55.7 Å². The molecule has 0 aliphatic rings. The highest BCUT2D eigenvalue weighted by molar-refractivity contribution is 7.71. The van der Waals surface area contributed by atoms with Crippen molar-refractivity contribution >= 4 is 12.2 Å². The van der Waals surface area contributed by atoms with Crippen molar-refractivity contribution < 1.29 is 4.74 Å².